The molecule has 6 aliphatic rings. The van der Waals surface area contributed by atoms with E-state index < -0.39 is 0 Å². The van der Waals surface area contributed by atoms with Gasteiger partial charge in [-0.25, -0.2) is 0 Å². The highest BCUT2D eigenvalue weighted by Gasteiger charge is 2.62. The minimum absolute atomic E-state index is 0.691. The van der Waals surface area contributed by atoms with Crippen LogP contribution in [0.1, 0.15) is 45.4 Å². The normalized spacial score (nSPS) is 60.9. The van der Waals surface area contributed by atoms with Crippen LogP contribution >= 0.6 is 11.8 Å². The lowest BCUT2D eigenvalue weighted by atomic mass is 9.54. The van der Waals surface area contributed by atoms with Crippen LogP contribution in [0, 0.1) is 23.7 Å². The number of allylic oxidation sites excluding steroid dienone is 1. The molecule has 0 nitrogen and oxygen atoms in total. The van der Waals surface area contributed by atoms with E-state index in [2.05, 4.69) is 18.7 Å². The van der Waals surface area contributed by atoms with Gasteiger partial charge in [0.05, 0.1) is 0 Å². The Morgan fingerprint density at radius 3 is 3.12 bits per heavy atom. The molecule has 0 radical (unpaired) electrons. The summed E-state index contributed by atoms with van der Waals surface area (Å²) in [5.41, 5.74) is 3.96. The summed E-state index contributed by atoms with van der Waals surface area (Å²) in [6.07, 6.45) is 9.22. The van der Waals surface area contributed by atoms with Gasteiger partial charge in [0, 0.05) is 10.00 Å². The fourth-order valence-electron chi connectivity index (χ4n) is 6.08. The lowest BCUT2D eigenvalue weighted by Gasteiger charge is -2.62. The first-order chi connectivity index (χ1) is 7.77. The molecule has 4 fully saturated rings. The molecule has 6 unspecified atom stereocenters. The molecule has 0 N–H and O–H groups in total. The Hall–Kier alpha value is 0.0900. The summed E-state index contributed by atoms with van der Waals surface area (Å²) in [5.74, 6) is 4.23. The smallest absolute Gasteiger partial charge is 0.0382 e. The van der Waals surface area contributed by atoms with Crippen molar-refractivity contribution in [2.75, 3.05) is 0 Å². The average molecular weight is 232 g/mol. The molecular formula is C15H20S. The summed E-state index contributed by atoms with van der Waals surface area (Å²) in [5, 5.41) is 1.05. The van der Waals surface area contributed by atoms with Gasteiger partial charge in [0.15, 0.2) is 0 Å². The van der Waals surface area contributed by atoms with Crippen molar-refractivity contribution < 1.29 is 0 Å². The monoisotopic (exact) mass is 232 g/mol. The lowest BCUT2D eigenvalue weighted by molar-refractivity contribution is 0.0827. The summed E-state index contributed by atoms with van der Waals surface area (Å²) in [6.45, 7) is 2.52. The quantitative estimate of drug-likeness (QED) is 0.569. The molecule has 0 amide bonds. The highest BCUT2D eigenvalue weighted by molar-refractivity contribution is 8.01. The van der Waals surface area contributed by atoms with E-state index in [9.17, 15) is 0 Å². The lowest BCUT2D eigenvalue weighted by Crippen LogP contribution is -2.55. The second kappa shape index (κ2) is 2.58. The molecule has 16 heavy (non-hydrogen) atoms. The molecule has 0 aromatic heterocycles. The Kier molecular flexibility index (Phi) is 1.46. The van der Waals surface area contributed by atoms with Gasteiger partial charge in [-0.3, -0.25) is 0 Å². The summed E-state index contributed by atoms with van der Waals surface area (Å²) in [6, 6.07) is 0. The molecule has 0 aromatic rings. The molecule has 2 saturated carbocycles. The predicted molar refractivity (Wildman–Crippen MR) is 68.5 cm³/mol. The van der Waals surface area contributed by atoms with E-state index in [1.807, 2.05) is 11.1 Å². The van der Waals surface area contributed by atoms with Crippen molar-refractivity contribution in [2.45, 2.75) is 55.4 Å². The highest BCUT2D eigenvalue weighted by atomic mass is 32.2. The van der Waals surface area contributed by atoms with Crippen LogP contribution in [0.2, 0.25) is 0 Å². The highest BCUT2D eigenvalue weighted by Crippen LogP contribution is 2.72. The van der Waals surface area contributed by atoms with Gasteiger partial charge in [0.25, 0.3) is 0 Å². The van der Waals surface area contributed by atoms with Crippen LogP contribution in [-0.2, 0) is 0 Å². The number of hydrogen-bond donors (Lipinski definition) is 0. The molecule has 1 heteroatoms. The molecular weight excluding hydrogens is 212 g/mol. The van der Waals surface area contributed by atoms with Crippen LogP contribution in [-0.4, -0.2) is 10.00 Å². The van der Waals surface area contributed by atoms with Crippen molar-refractivity contribution in [3.8, 4) is 0 Å². The first kappa shape index (κ1) is 9.08. The van der Waals surface area contributed by atoms with Gasteiger partial charge in [-0.1, -0.05) is 18.1 Å². The standard InChI is InChI=1S/C15H20S/c1-8-4-12-9-5-10-6-13(12)14-11(8)2-3-15(14,7-9)16-10/h8-10,12-13H,2-7H2,1H3. The molecule has 6 bridgehead atoms. The zero-order chi connectivity index (χ0) is 10.5. The minimum Gasteiger partial charge on any atom is -0.147 e. The van der Waals surface area contributed by atoms with Gasteiger partial charge in [0.1, 0.15) is 0 Å². The van der Waals surface area contributed by atoms with E-state index in [0.29, 0.717) is 4.75 Å². The van der Waals surface area contributed by atoms with Crippen molar-refractivity contribution in [1.29, 1.82) is 0 Å². The summed E-state index contributed by atoms with van der Waals surface area (Å²) in [4.78, 5) is 0. The summed E-state index contributed by atoms with van der Waals surface area (Å²) >= 11 is 2.41. The third-order valence-corrected chi connectivity index (χ3v) is 8.18. The third-order valence-electron chi connectivity index (χ3n) is 6.42. The van der Waals surface area contributed by atoms with Crippen molar-refractivity contribution >= 4 is 11.8 Å². The van der Waals surface area contributed by atoms with Crippen molar-refractivity contribution in [3.63, 3.8) is 0 Å². The Balaban J connectivity index is 1.79. The first-order valence-corrected chi connectivity index (χ1v) is 8.06. The molecule has 4 aliphatic carbocycles. The molecule has 2 aliphatic heterocycles. The Labute approximate surface area is 102 Å². The van der Waals surface area contributed by atoms with Crippen LogP contribution in [0.5, 0.6) is 0 Å². The third kappa shape index (κ3) is 0.825. The number of rotatable bonds is 0. The van der Waals surface area contributed by atoms with Crippen LogP contribution in [0.3, 0.4) is 0 Å². The minimum atomic E-state index is 0.691. The maximum absolute atomic E-state index is 2.52. The van der Waals surface area contributed by atoms with E-state index in [1.54, 1.807) is 25.7 Å². The number of hydrogen-bond acceptors (Lipinski definition) is 1. The SMILES string of the molecule is CC1CC2C3CC4CC2C2=C1CCC2(C3)S4. The number of thioether (sulfide) groups is 1. The molecule has 0 aromatic carbocycles. The topological polar surface area (TPSA) is 0 Å². The van der Waals surface area contributed by atoms with E-state index in [4.69, 9.17) is 0 Å². The largest absolute Gasteiger partial charge is 0.147 e. The van der Waals surface area contributed by atoms with Gasteiger partial charge in [-0.2, -0.15) is 0 Å². The second-order valence-electron chi connectivity index (χ2n) is 7.02. The van der Waals surface area contributed by atoms with Crippen LogP contribution in [0.15, 0.2) is 11.1 Å². The van der Waals surface area contributed by atoms with E-state index in [1.165, 1.54) is 12.8 Å². The van der Waals surface area contributed by atoms with Crippen molar-refractivity contribution in [3.05, 3.63) is 11.1 Å². The van der Waals surface area contributed by atoms with Crippen LogP contribution in [0.4, 0.5) is 0 Å². The van der Waals surface area contributed by atoms with Crippen molar-refractivity contribution in [2.24, 2.45) is 23.7 Å². The average Bonchev–Trinajstić information content (AvgIpc) is 2.62. The van der Waals surface area contributed by atoms with Crippen LogP contribution < -0.4 is 0 Å². The fourth-order valence-corrected chi connectivity index (χ4v) is 8.30. The van der Waals surface area contributed by atoms with Gasteiger partial charge in [0.2, 0.25) is 0 Å². The fraction of sp³-hybridized carbons (Fsp3) is 0.867. The molecule has 6 rings (SSSR count). The summed E-state index contributed by atoms with van der Waals surface area (Å²) in [7, 11) is 0. The predicted octanol–water partition coefficient (Wildman–Crippen LogP) is 4.02. The van der Waals surface area contributed by atoms with Gasteiger partial charge in [-0.05, 0) is 62.2 Å². The molecule has 2 saturated heterocycles. The van der Waals surface area contributed by atoms with Crippen molar-refractivity contribution in [1.82, 2.24) is 0 Å². The molecule has 86 valence electrons. The Morgan fingerprint density at radius 1 is 1.25 bits per heavy atom. The Morgan fingerprint density at radius 2 is 2.19 bits per heavy atom. The van der Waals surface area contributed by atoms with E-state index in [-0.39, 0.29) is 0 Å². The van der Waals surface area contributed by atoms with E-state index in [0.717, 1.165) is 28.9 Å². The Bertz CT molecular complexity index is 410. The molecule has 1 spiro atoms. The van der Waals surface area contributed by atoms with E-state index >= 15 is 0 Å². The van der Waals surface area contributed by atoms with Gasteiger partial charge < -0.3 is 0 Å². The first-order valence-electron chi connectivity index (χ1n) is 7.18. The van der Waals surface area contributed by atoms with Crippen LogP contribution in [0.25, 0.3) is 0 Å². The molecule has 6 atom stereocenters. The second-order valence-corrected chi connectivity index (χ2v) is 8.70. The molecule has 2 heterocycles. The van der Waals surface area contributed by atoms with Gasteiger partial charge >= 0.3 is 0 Å². The zero-order valence-electron chi connectivity index (χ0n) is 10.0. The maximum atomic E-state index is 2.52. The maximum Gasteiger partial charge on any atom is 0.0382 e. The summed E-state index contributed by atoms with van der Waals surface area (Å²) < 4.78 is 0.691. The van der Waals surface area contributed by atoms with Gasteiger partial charge in [-0.15, -0.1) is 11.8 Å². The zero-order valence-corrected chi connectivity index (χ0v) is 10.9.